The number of methoxy groups -OCH3 is 1. The van der Waals surface area contributed by atoms with Crippen molar-refractivity contribution in [3.63, 3.8) is 0 Å². The molecule has 3 atom stereocenters. The number of phenols is 1. The van der Waals surface area contributed by atoms with E-state index in [4.69, 9.17) is 4.74 Å². The van der Waals surface area contributed by atoms with E-state index in [2.05, 4.69) is 10.2 Å². The van der Waals surface area contributed by atoms with Gasteiger partial charge in [-0.25, -0.2) is 0 Å². The van der Waals surface area contributed by atoms with Crippen molar-refractivity contribution in [3.05, 3.63) is 66.2 Å². The molecule has 178 valence electrons. The summed E-state index contributed by atoms with van der Waals surface area (Å²) in [6, 6.07) is 19.2. The molecule has 0 aromatic heterocycles. The van der Waals surface area contributed by atoms with Gasteiger partial charge in [-0.05, 0) is 48.4 Å². The van der Waals surface area contributed by atoms with E-state index in [0.717, 1.165) is 47.7 Å². The highest BCUT2D eigenvalue weighted by Gasteiger charge is 2.49. The summed E-state index contributed by atoms with van der Waals surface area (Å²) in [6.45, 7) is 0.855. The van der Waals surface area contributed by atoms with Crippen LogP contribution >= 0.6 is 0 Å². The third-order valence-electron chi connectivity index (χ3n) is 7.63. The average Bonchev–Trinajstić information content (AvgIpc) is 2.85. The Morgan fingerprint density at radius 2 is 1.94 bits per heavy atom. The lowest BCUT2D eigenvalue weighted by molar-refractivity contribution is -0.135. The van der Waals surface area contributed by atoms with Gasteiger partial charge in [0.05, 0.1) is 19.3 Å². The van der Waals surface area contributed by atoms with E-state index < -0.39 is 5.60 Å². The number of piperidine rings is 1. The summed E-state index contributed by atoms with van der Waals surface area (Å²) >= 11 is 0. The summed E-state index contributed by atoms with van der Waals surface area (Å²) in [5.41, 5.74) is 1.03. The Morgan fingerprint density at radius 1 is 1.12 bits per heavy atom. The Labute approximate surface area is 200 Å². The molecule has 5 rings (SSSR count). The minimum absolute atomic E-state index is 0.0228. The highest BCUT2D eigenvalue weighted by Crippen LogP contribution is 2.50. The number of rotatable bonds is 5. The standard InChI is InChI=1S/C28H32N2O4/c1-34-25-17-20(12-13-24(25)31)27-22-10-4-5-14-28(22,33)15-16-30(27)18-26(32)29-23-11-6-8-19-7-2-3-9-21(19)23/h2-3,6-9,11-13,17,22,27,31,33H,4-5,10,14-16,18H2,1H3,(H,29,32)/t22-,27-,28+/m1/s1. The van der Waals surface area contributed by atoms with Crippen LogP contribution in [-0.4, -0.2) is 46.8 Å². The second-order valence-electron chi connectivity index (χ2n) is 9.63. The number of carbonyl (C=O) groups excluding carboxylic acids is 1. The molecule has 1 aliphatic heterocycles. The van der Waals surface area contributed by atoms with E-state index >= 15 is 0 Å². The second-order valence-corrected chi connectivity index (χ2v) is 9.63. The molecule has 2 aliphatic rings. The van der Waals surface area contributed by atoms with Crippen LogP contribution < -0.4 is 10.1 Å². The quantitative estimate of drug-likeness (QED) is 0.507. The predicted octanol–water partition coefficient (Wildman–Crippen LogP) is 4.86. The first kappa shape index (κ1) is 22.7. The van der Waals surface area contributed by atoms with Crippen molar-refractivity contribution < 1.29 is 19.7 Å². The summed E-state index contributed by atoms with van der Waals surface area (Å²) in [5, 5.41) is 26.8. The van der Waals surface area contributed by atoms with Gasteiger partial charge >= 0.3 is 0 Å². The fraction of sp³-hybridized carbons (Fsp3) is 0.393. The van der Waals surface area contributed by atoms with Gasteiger partial charge in [0.1, 0.15) is 0 Å². The molecule has 1 saturated heterocycles. The summed E-state index contributed by atoms with van der Waals surface area (Å²) in [4.78, 5) is 15.4. The first-order chi connectivity index (χ1) is 16.5. The Kier molecular flexibility index (Phi) is 6.19. The Balaban J connectivity index is 1.43. The molecule has 6 heteroatoms. The molecule has 0 bridgehead atoms. The van der Waals surface area contributed by atoms with Crippen LogP contribution in [0.4, 0.5) is 5.69 Å². The van der Waals surface area contributed by atoms with Gasteiger partial charge in [-0.3, -0.25) is 9.69 Å². The topological polar surface area (TPSA) is 82.0 Å². The smallest absolute Gasteiger partial charge is 0.238 e. The monoisotopic (exact) mass is 460 g/mol. The van der Waals surface area contributed by atoms with Crippen molar-refractivity contribution >= 4 is 22.4 Å². The summed E-state index contributed by atoms with van der Waals surface area (Å²) in [5.74, 6) is 0.437. The highest BCUT2D eigenvalue weighted by molar-refractivity contribution is 6.02. The zero-order chi connectivity index (χ0) is 23.7. The van der Waals surface area contributed by atoms with E-state index in [1.807, 2.05) is 54.6 Å². The van der Waals surface area contributed by atoms with Crippen LogP contribution in [0, 0.1) is 5.92 Å². The Hall–Kier alpha value is -3.09. The van der Waals surface area contributed by atoms with Gasteiger partial charge in [0.15, 0.2) is 11.5 Å². The largest absolute Gasteiger partial charge is 0.504 e. The minimum Gasteiger partial charge on any atom is -0.504 e. The fourth-order valence-electron chi connectivity index (χ4n) is 5.95. The van der Waals surface area contributed by atoms with Gasteiger partial charge in [0, 0.05) is 29.6 Å². The number of carbonyl (C=O) groups is 1. The molecule has 1 saturated carbocycles. The maximum atomic E-state index is 13.2. The number of fused-ring (bicyclic) bond motifs is 2. The maximum absolute atomic E-state index is 13.2. The van der Waals surface area contributed by atoms with E-state index in [-0.39, 0.29) is 30.2 Å². The molecule has 34 heavy (non-hydrogen) atoms. The SMILES string of the molecule is COc1cc([C@@H]2[C@H]3CCCC[C@]3(O)CCN2CC(=O)Nc2cccc3ccccc23)ccc1O. The zero-order valence-corrected chi connectivity index (χ0v) is 19.5. The van der Waals surface area contributed by atoms with Crippen LogP contribution in [-0.2, 0) is 4.79 Å². The van der Waals surface area contributed by atoms with Gasteiger partial charge < -0.3 is 20.3 Å². The number of likely N-dealkylation sites (tertiary alicyclic amines) is 1. The van der Waals surface area contributed by atoms with Crippen LogP contribution in [0.2, 0.25) is 0 Å². The number of hydrogen-bond acceptors (Lipinski definition) is 5. The number of ether oxygens (including phenoxy) is 1. The third kappa shape index (κ3) is 4.24. The average molecular weight is 461 g/mol. The first-order valence-corrected chi connectivity index (χ1v) is 12.1. The second kappa shape index (κ2) is 9.28. The predicted molar refractivity (Wildman–Crippen MR) is 133 cm³/mol. The number of hydrogen-bond donors (Lipinski definition) is 3. The number of amides is 1. The van der Waals surface area contributed by atoms with Gasteiger partial charge in [0.2, 0.25) is 5.91 Å². The third-order valence-corrected chi connectivity index (χ3v) is 7.63. The van der Waals surface area contributed by atoms with Gasteiger partial charge in [-0.1, -0.05) is 55.3 Å². The van der Waals surface area contributed by atoms with Gasteiger partial charge in [-0.2, -0.15) is 0 Å². The van der Waals surface area contributed by atoms with Gasteiger partial charge in [0.25, 0.3) is 0 Å². The number of phenolic OH excluding ortho intramolecular Hbond substituents is 1. The Bertz CT molecular complexity index is 1190. The van der Waals surface area contributed by atoms with Crippen LogP contribution in [0.5, 0.6) is 11.5 Å². The molecule has 0 radical (unpaired) electrons. The Morgan fingerprint density at radius 3 is 2.79 bits per heavy atom. The van der Waals surface area contributed by atoms with Crippen LogP contribution in [0.1, 0.15) is 43.7 Å². The molecule has 1 heterocycles. The first-order valence-electron chi connectivity index (χ1n) is 12.1. The highest BCUT2D eigenvalue weighted by atomic mass is 16.5. The normalized spacial score (nSPS) is 25.0. The lowest BCUT2D eigenvalue weighted by atomic mass is 9.66. The molecule has 2 fully saturated rings. The number of nitrogens with zero attached hydrogens (tertiary/aromatic N) is 1. The molecule has 3 N–H and O–H groups in total. The van der Waals surface area contributed by atoms with Crippen molar-refractivity contribution in [3.8, 4) is 11.5 Å². The molecular weight excluding hydrogens is 428 g/mol. The molecule has 0 unspecified atom stereocenters. The minimum atomic E-state index is -0.726. The molecule has 1 aliphatic carbocycles. The van der Waals surface area contributed by atoms with Crippen LogP contribution in [0.3, 0.4) is 0 Å². The summed E-state index contributed by atoms with van der Waals surface area (Å²) in [7, 11) is 1.53. The molecule has 6 nitrogen and oxygen atoms in total. The van der Waals surface area contributed by atoms with E-state index in [1.54, 1.807) is 6.07 Å². The van der Waals surface area contributed by atoms with Crippen molar-refractivity contribution in [2.75, 3.05) is 25.5 Å². The number of aliphatic hydroxyl groups is 1. The summed E-state index contributed by atoms with van der Waals surface area (Å²) < 4.78 is 5.36. The summed E-state index contributed by atoms with van der Waals surface area (Å²) in [6.07, 6.45) is 4.45. The lowest BCUT2D eigenvalue weighted by Crippen LogP contribution is -2.56. The molecule has 0 spiro atoms. The number of benzene rings is 3. The van der Waals surface area contributed by atoms with Crippen LogP contribution in [0.15, 0.2) is 60.7 Å². The van der Waals surface area contributed by atoms with Crippen molar-refractivity contribution in [2.24, 2.45) is 5.92 Å². The number of nitrogens with one attached hydrogen (secondary N) is 1. The lowest BCUT2D eigenvalue weighted by Gasteiger charge is -2.52. The number of anilines is 1. The fourth-order valence-corrected chi connectivity index (χ4v) is 5.95. The molecule has 3 aromatic carbocycles. The zero-order valence-electron chi connectivity index (χ0n) is 19.5. The van der Waals surface area contributed by atoms with E-state index in [1.165, 1.54) is 7.11 Å². The van der Waals surface area contributed by atoms with Gasteiger partial charge in [-0.15, -0.1) is 0 Å². The van der Waals surface area contributed by atoms with Crippen molar-refractivity contribution in [2.45, 2.75) is 43.7 Å². The van der Waals surface area contributed by atoms with Crippen LogP contribution in [0.25, 0.3) is 10.8 Å². The maximum Gasteiger partial charge on any atom is 0.238 e. The molecule has 3 aromatic rings. The molecule has 1 amide bonds. The van der Waals surface area contributed by atoms with E-state index in [9.17, 15) is 15.0 Å². The van der Waals surface area contributed by atoms with E-state index in [0.29, 0.717) is 18.7 Å². The molecular formula is C28H32N2O4. The van der Waals surface area contributed by atoms with Crippen molar-refractivity contribution in [1.29, 1.82) is 0 Å². The van der Waals surface area contributed by atoms with Crippen molar-refractivity contribution in [1.82, 2.24) is 4.90 Å². The number of aromatic hydroxyl groups is 1.